The second-order valence-corrected chi connectivity index (χ2v) is 2.18. The van der Waals surface area contributed by atoms with Crippen LogP contribution in [-0.4, -0.2) is 22.3 Å². The van der Waals surface area contributed by atoms with Crippen LogP contribution in [0.5, 0.6) is 5.75 Å². The Bertz CT molecular complexity index is 368. The molecule has 4 nitrogen and oxygen atoms in total. The molecule has 0 atom stereocenters. The van der Waals surface area contributed by atoms with Gasteiger partial charge in [-0.25, -0.2) is 4.98 Å². The van der Waals surface area contributed by atoms with Crippen LogP contribution < -0.4 is 4.74 Å². The smallest absolute Gasteiger partial charge is 0.155 e. The van der Waals surface area contributed by atoms with Crippen LogP contribution in [0.1, 0.15) is 0 Å². The van der Waals surface area contributed by atoms with Gasteiger partial charge in [0.2, 0.25) is 0 Å². The number of pyridine rings is 1. The van der Waals surface area contributed by atoms with Gasteiger partial charge in [0.25, 0.3) is 0 Å². The Kier molecular flexibility index (Phi) is 1.25. The fraction of sp³-hybridized carbons (Fsp3) is 0.143. The van der Waals surface area contributed by atoms with Crippen LogP contribution in [0, 0.1) is 0 Å². The zero-order valence-corrected chi connectivity index (χ0v) is 6.03. The molecule has 0 saturated carbocycles. The minimum absolute atomic E-state index is 0.749. The largest absolute Gasteiger partial charge is 0.495 e. The lowest BCUT2D eigenvalue weighted by atomic mass is 10.3. The van der Waals surface area contributed by atoms with Gasteiger partial charge in [-0.3, -0.25) is 5.10 Å². The molecule has 56 valence electrons. The van der Waals surface area contributed by atoms with E-state index in [1.54, 1.807) is 19.5 Å². The molecule has 0 aliphatic heterocycles. The highest BCUT2D eigenvalue weighted by atomic mass is 16.5. The number of hydrogen-bond acceptors (Lipinski definition) is 3. The van der Waals surface area contributed by atoms with Crippen LogP contribution in [0.3, 0.4) is 0 Å². The molecule has 0 aliphatic rings. The Morgan fingerprint density at radius 3 is 3.18 bits per heavy atom. The molecule has 11 heavy (non-hydrogen) atoms. The molecule has 2 heterocycles. The van der Waals surface area contributed by atoms with E-state index in [2.05, 4.69) is 15.2 Å². The van der Waals surface area contributed by atoms with Gasteiger partial charge in [0.15, 0.2) is 5.65 Å². The molecule has 0 aliphatic carbocycles. The molecule has 0 fully saturated rings. The summed E-state index contributed by atoms with van der Waals surface area (Å²) in [4.78, 5) is 4.07. The fourth-order valence-corrected chi connectivity index (χ4v) is 0.928. The van der Waals surface area contributed by atoms with Crippen molar-refractivity contribution >= 4 is 11.0 Å². The van der Waals surface area contributed by atoms with Crippen LogP contribution in [0.25, 0.3) is 11.0 Å². The van der Waals surface area contributed by atoms with Crippen molar-refractivity contribution in [2.75, 3.05) is 7.11 Å². The van der Waals surface area contributed by atoms with Crippen molar-refractivity contribution in [1.29, 1.82) is 0 Å². The molecule has 1 N–H and O–H groups in total. The first-order chi connectivity index (χ1) is 5.40. The lowest BCUT2D eigenvalue weighted by molar-refractivity contribution is 0.413. The summed E-state index contributed by atoms with van der Waals surface area (Å²) in [6, 6.07) is 1.88. The van der Waals surface area contributed by atoms with Crippen molar-refractivity contribution in [2.45, 2.75) is 0 Å². The summed E-state index contributed by atoms with van der Waals surface area (Å²) in [7, 11) is 1.61. The van der Waals surface area contributed by atoms with E-state index in [-0.39, 0.29) is 0 Å². The van der Waals surface area contributed by atoms with Crippen molar-refractivity contribution in [3.05, 3.63) is 18.5 Å². The van der Waals surface area contributed by atoms with Crippen molar-refractivity contribution in [1.82, 2.24) is 15.2 Å². The van der Waals surface area contributed by atoms with Gasteiger partial charge in [-0.1, -0.05) is 0 Å². The molecule has 0 saturated heterocycles. The van der Waals surface area contributed by atoms with Gasteiger partial charge < -0.3 is 4.74 Å². The molecule has 2 rings (SSSR count). The summed E-state index contributed by atoms with van der Waals surface area (Å²) in [5.74, 6) is 0.749. The number of nitrogens with zero attached hydrogens (tertiary/aromatic N) is 2. The lowest BCUT2D eigenvalue weighted by Gasteiger charge is -1.95. The van der Waals surface area contributed by atoms with Crippen LogP contribution in [0.15, 0.2) is 18.5 Å². The third kappa shape index (κ3) is 0.920. The van der Waals surface area contributed by atoms with Crippen molar-refractivity contribution in [3.63, 3.8) is 0 Å². The number of aromatic nitrogens is 3. The minimum Gasteiger partial charge on any atom is -0.495 e. The minimum atomic E-state index is 0.749. The van der Waals surface area contributed by atoms with Crippen LogP contribution >= 0.6 is 0 Å². The Balaban J connectivity index is 2.67. The van der Waals surface area contributed by atoms with E-state index in [4.69, 9.17) is 4.74 Å². The maximum atomic E-state index is 4.99. The van der Waals surface area contributed by atoms with Gasteiger partial charge in [0.05, 0.1) is 19.5 Å². The third-order valence-electron chi connectivity index (χ3n) is 1.50. The molecule has 0 spiro atoms. The van der Waals surface area contributed by atoms with E-state index in [9.17, 15) is 0 Å². The number of aromatic amines is 1. The zero-order valence-electron chi connectivity index (χ0n) is 6.03. The standard InChI is InChI=1S/C7H7N3O/c1-11-6-2-5-3-9-10-7(5)8-4-6/h2-4H,1H3,(H,8,9,10). The molecular formula is C7H7N3O. The number of ether oxygens (including phenoxy) is 1. The number of methoxy groups -OCH3 is 1. The highest BCUT2D eigenvalue weighted by Crippen LogP contribution is 2.14. The van der Waals surface area contributed by atoms with Crippen molar-refractivity contribution in [3.8, 4) is 5.75 Å². The molecule has 2 aromatic heterocycles. The Hall–Kier alpha value is -1.58. The van der Waals surface area contributed by atoms with Gasteiger partial charge in [0, 0.05) is 5.39 Å². The molecular weight excluding hydrogens is 142 g/mol. The summed E-state index contributed by atoms with van der Waals surface area (Å²) in [6.45, 7) is 0. The molecule has 0 aromatic carbocycles. The molecule has 0 unspecified atom stereocenters. The number of H-pyrrole nitrogens is 1. The van der Waals surface area contributed by atoms with E-state index in [0.717, 1.165) is 16.8 Å². The third-order valence-corrected chi connectivity index (χ3v) is 1.50. The molecule has 0 radical (unpaired) electrons. The van der Waals surface area contributed by atoms with Crippen molar-refractivity contribution in [2.24, 2.45) is 0 Å². The Morgan fingerprint density at radius 2 is 2.36 bits per heavy atom. The fourth-order valence-electron chi connectivity index (χ4n) is 0.928. The number of hydrogen-bond donors (Lipinski definition) is 1. The lowest BCUT2D eigenvalue weighted by Crippen LogP contribution is -1.83. The summed E-state index contributed by atoms with van der Waals surface area (Å²) in [5.41, 5.74) is 0.783. The number of nitrogens with one attached hydrogen (secondary N) is 1. The summed E-state index contributed by atoms with van der Waals surface area (Å²) < 4.78 is 4.99. The van der Waals surface area contributed by atoms with Gasteiger partial charge >= 0.3 is 0 Å². The topological polar surface area (TPSA) is 50.8 Å². The first kappa shape index (κ1) is 6.15. The van der Waals surface area contributed by atoms with Crippen molar-refractivity contribution < 1.29 is 4.74 Å². The van der Waals surface area contributed by atoms with Gasteiger partial charge in [-0.05, 0) is 6.07 Å². The average molecular weight is 149 g/mol. The van der Waals surface area contributed by atoms with Crippen LogP contribution in [-0.2, 0) is 0 Å². The Labute approximate surface area is 63.2 Å². The quantitative estimate of drug-likeness (QED) is 0.657. The van der Waals surface area contributed by atoms with E-state index in [0.29, 0.717) is 0 Å². The first-order valence-electron chi connectivity index (χ1n) is 3.23. The summed E-state index contributed by atoms with van der Waals surface area (Å²) in [5, 5.41) is 7.55. The van der Waals surface area contributed by atoms with Crippen LogP contribution in [0.4, 0.5) is 0 Å². The number of rotatable bonds is 1. The molecule has 0 amide bonds. The average Bonchev–Trinajstić information content (AvgIpc) is 2.50. The second kappa shape index (κ2) is 2.23. The molecule has 4 heteroatoms. The second-order valence-electron chi connectivity index (χ2n) is 2.18. The maximum Gasteiger partial charge on any atom is 0.155 e. The maximum absolute atomic E-state index is 4.99. The Morgan fingerprint density at radius 1 is 1.45 bits per heavy atom. The highest BCUT2D eigenvalue weighted by Gasteiger charge is 1.97. The highest BCUT2D eigenvalue weighted by molar-refractivity contribution is 5.74. The van der Waals surface area contributed by atoms with Gasteiger partial charge in [0.1, 0.15) is 5.75 Å². The van der Waals surface area contributed by atoms with Gasteiger partial charge in [-0.15, -0.1) is 0 Å². The van der Waals surface area contributed by atoms with Crippen LogP contribution in [0.2, 0.25) is 0 Å². The zero-order chi connectivity index (χ0) is 7.68. The van der Waals surface area contributed by atoms with E-state index in [1.807, 2.05) is 6.07 Å². The summed E-state index contributed by atoms with van der Waals surface area (Å²) in [6.07, 6.45) is 3.37. The molecule has 0 bridgehead atoms. The molecule has 2 aromatic rings. The number of fused-ring (bicyclic) bond motifs is 1. The monoisotopic (exact) mass is 149 g/mol. The predicted molar refractivity (Wildman–Crippen MR) is 40.4 cm³/mol. The van der Waals surface area contributed by atoms with Gasteiger partial charge in [-0.2, -0.15) is 5.10 Å². The van der Waals surface area contributed by atoms with E-state index < -0.39 is 0 Å². The first-order valence-corrected chi connectivity index (χ1v) is 3.23. The summed E-state index contributed by atoms with van der Waals surface area (Å²) >= 11 is 0. The predicted octanol–water partition coefficient (Wildman–Crippen LogP) is 0.966. The van der Waals surface area contributed by atoms with E-state index in [1.165, 1.54) is 0 Å². The van der Waals surface area contributed by atoms with E-state index >= 15 is 0 Å². The SMILES string of the molecule is COc1cnc2[nH]ncc2c1. The normalized spacial score (nSPS) is 10.3.